The monoisotopic (exact) mass is 273 g/mol. The summed E-state index contributed by atoms with van der Waals surface area (Å²) in [6.07, 6.45) is 0.0924. The zero-order valence-corrected chi connectivity index (χ0v) is 10.4. The van der Waals surface area contributed by atoms with Crippen molar-refractivity contribution in [2.75, 3.05) is 13.1 Å². The van der Waals surface area contributed by atoms with Crippen molar-refractivity contribution in [3.63, 3.8) is 0 Å². The Hall–Kier alpha value is -1.56. The Morgan fingerprint density at radius 3 is 2.42 bits per heavy atom. The van der Waals surface area contributed by atoms with Crippen molar-refractivity contribution in [2.45, 2.75) is 19.4 Å². The average Bonchev–Trinajstić information content (AvgIpc) is 2.84. The number of carbonyl (C=O) groups is 1. The normalized spacial score (nSPS) is 20.7. The molecule has 0 saturated carbocycles. The minimum Gasteiger partial charge on any atom is -0.393 e. The molecule has 0 aliphatic carbocycles. The van der Waals surface area contributed by atoms with Crippen LogP contribution >= 0.6 is 0 Å². The van der Waals surface area contributed by atoms with Gasteiger partial charge in [0.1, 0.15) is 0 Å². The second-order valence-corrected chi connectivity index (χ2v) is 4.79. The molecule has 0 bridgehead atoms. The number of nitrogens with zero attached hydrogens (tertiary/aromatic N) is 1. The van der Waals surface area contributed by atoms with Crippen molar-refractivity contribution in [1.82, 2.24) is 4.90 Å². The van der Waals surface area contributed by atoms with Crippen LogP contribution in [-0.4, -0.2) is 35.1 Å². The minimum absolute atomic E-state index is 0.0425. The molecule has 3 nitrogen and oxygen atoms in total. The molecule has 1 saturated heterocycles. The van der Waals surface area contributed by atoms with Gasteiger partial charge in [-0.15, -0.1) is 0 Å². The van der Waals surface area contributed by atoms with Crippen LogP contribution in [0.4, 0.5) is 13.2 Å². The van der Waals surface area contributed by atoms with Gasteiger partial charge in [0.2, 0.25) is 0 Å². The summed E-state index contributed by atoms with van der Waals surface area (Å²) < 4.78 is 38.9. The molecular weight excluding hydrogens is 259 g/mol. The number of aliphatic hydroxyl groups excluding tert-OH is 1. The van der Waals surface area contributed by atoms with E-state index in [9.17, 15) is 23.1 Å². The number of likely N-dealkylation sites (tertiary alicyclic amines) is 1. The molecule has 2 rings (SSSR count). The van der Waals surface area contributed by atoms with Crippen LogP contribution < -0.4 is 0 Å². The fourth-order valence-corrected chi connectivity index (χ4v) is 2.23. The van der Waals surface area contributed by atoms with Gasteiger partial charge in [-0.1, -0.05) is 0 Å². The summed E-state index contributed by atoms with van der Waals surface area (Å²) in [5, 5.41) is 9.44. The number of halogens is 3. The molecule has 1 amide bonds. The van der Waals surface area contributed by atoms with Gasteiger partial charge in [-0.25, -0.2) is 13.2 Å². The largest absolute Gasteiger partial charge is 0.393 e. The Morgan fingerprint density at radius 1 is 1.37 bits per heavy atom. The summed E-state index contributed by atoms with van der Waals surface area (Å²) in [4.78, 5) is 13.4. The number of rotatable bonds is 2. The topological polar surface area (TPSA) is 40.5 Å². The first-order chi connectivity index (χ1) is 8.90. The van der Waals surface area contributed by atoms with E-state index in [0.717, 1.165) is 0 Å². The molecule has 19 heavy (non-hydrogen) atoms. The zero-order chi connectivity index (χ0) is 14.2. The Kier molecular flexibility index (Phi) is 3.80. The third kappa shape index (κ3) is 2.73. The number of hydrogen-bond acceptors (Lipinski definition) is 2. The molecule has 0 radical (unpaired) electrons. The number of carbonyl (C=O) groups excluding carboxylic acids is 1. The van der Waals surface area contributed by atoms with Crippen molar-refractivity contribution < 1.29 is 23.1 Å². The molecule has 1 aliphatic rings. The quantitative estimate of drug-likeness (QED) is 0.837. The van der Waals surface area contributed by atoms with Gasteiger partial charge < -0.3 is 10.0 Å². The smallest absolute Gasteiger partial charge is 0.254 e. The van der Waals surface area contributed by atoms with Gasteiger partial charge in [0.15, 0.2) is 17.5 Å². The lowest BCUT2D eigenvalue weighted by Crippen LogP contribution is -2.30. The molecule has 1 aliphatic heterocycles. The summed E-state index contributed by atoms with van der Waals surface area (Å²) in [6.45, 7) is 2.38. The lowest BCUT2D eigenvalue weighted by Gasteiger charge is -2.18. The van der Waals surface area contributed by atoms with Gasteiger partial charge in [0.25, 0.3) is 5.91 Å². The number of aliphatic hydroxyl groups is 1. The zero-order valence-electron chi connectivity index (χ0n) is 10.4. The van der Waals surface area contributed by atoms with Crippen molar-refractivity contribution >= 4 is 5.91 Å². The minimum atomic E-state index is -1.58. The first-order valence-electron chi connectivity index (χ1n) is 6.02. The standard InChI is InChI=1S/C13H14F3NO2/c1-7(18)8-2-3-17(6-8)13(19)9-4-10(14)12(16)11(15)5-9/h4-5,7-8,18H,2-3,6H2,1H3. The van der Waals surface area contributed by atoms with E-state index < -0.39 is 29.5 Å². The Morgan fingerprint density at radius 2 is 1.95 bits per heavy atom. The Bertz CT molecular complexity index is 482. The third-order valence-electron chi connectivity index (χ3n) is 3.42. The van der Waals surface area contributed by atoms with Crippen LogP contribution in [0.15, 0.2) is 12.1 Å². The molecule has 1 fully saturated rings. The SMILES string of the molecule is CC(O)C1CCN(C(=O)c2cc(F)c(F)c(F)c2)C1. The first-order valence-corrected chi connectivity index (χ1v) is 6.02. The van der Waals surface area contributed by atoms with Crippen LogP contribution in [0, 0.1) is 23.4 Å². The van der Waals surface area contributed by atoms with Gasteiger partial charge in [0, 0.05) is 24.6 Å². The molecule has 1 heterocycles. The van der Waals surface area contributed by atoms with Crippen molar-refractivity contribution in [1.29, 1.82) is 0 Å². The van der Waals surface area contributed by atoms with E-state index in [0.29, 0.717) is 31.6 Å². The molecule has 1 aromatic rings. The van der Waals surface area contributed by atoms with E-state index in [2.05, 4.69) is 0 Å². The maximum atomic E-state index is 13.1. The molecule has 104 valence electrons. The molecule has 0 spiro atoms. The van der Waals surface area contributed by atoms with Gasteiger partial charge >= 0.3 is 0 Å². The molecule has 1 N–H and O–H groups in total. The first kappa shape index (κ1) is 13.9. The highest BCUT2D eigenvalue weighted by atomic mass is 19.2. The predicted molar refractivity (Wildman–Crippen MR) is 62.0 cm³/mol. The third-order valence-corrected chi connectivity index (χ3v) is 3.42. The fraction of sp³-hybridized carbons (Fsp3) is 0.462. The van der Waals surface area contributed by atoms with Crippen LogP contribution in [0.25, 0.3) is 0 Å². The van der Waals surface area contributed by atoms with Gasteiger partial charge in [-0.3, -0.25) is 4.79 Å². The van der Waals surface area contributed by atoms with E-state index in [1.165, 1.54) is 4.90 Å². The summed E-state index contributed by atoms with van der Waals surface area (Å²) >= 11 is 0. The molecule has 2 atom stereocenters. The highest BCUT2D eigenvalue weighted by Crippen LogP contribution is 2.22. The van der Waals surface area contributed by atoms with Crippen LogP contribution in [-0.2, 0) is 0 Å². The van der Waals surface area contributed by atoms with Gasteiger partial charge in [-0.2, -0.15) is 0 Å². The van der Waals surface area contributed by atoms with Crippen LogP contribution in [0.1, 0.15) is 23.7 Å². The summed E-state index contributed by atoms with van der Waals surface area (Å²) in [5.74, 6) is -4.94. The maximum absolute atomic E-state index is 13.1. The van der Waals surface area contributed by atoms with E-state index in [4.69, 9.17) is 0 Å². The van der Waals surface area contributed by atoms with Crippen molar-refractivity contribution in [3.05, 3.63) is 35.1 Å². The molecule has 1 aromatic carbocycles. The Labute approximate surface area is 108 Å². The fourth-order valence-electron chi connectivity index (χ4n) is 2.23. The van der Waals surface area contributed by atoms with E-state index in [1.807, 2.05) is 0 Å². The molecule has 6 heteroatoms. The summed E-state index contributed by atoms with van der Waals surface area (Å²) in [5.41, 5.74) is -0.220. The number of amides is 1. The van der Waals surface area contributed by atoms with E-state index >= 15 is 0 Å². The second kappa shape index (κ2) is 5.21. The lowest BCUT2D eigenvalue weighted by atomic mass is 10.0. The van der Waals surface area contributed by atoms with Crippen molar-refractivity contribution in [2.24, 2.45) is 5.92 Å². The number of benzene rings is 1. The Balaban J connectivity index is 2.17. The highest BCUT2D eigenvalue weighted by Gasteiger charge is 2.30. The van der Waals surface area contributed by atoms with Crippen LogP contribution in [0.3, 0.4) is 0 Å². The average molecular weight is 273 g/mol. The van der Waals surface area contributed by atoms with Gasteiger partial charge in [-0.05, 0) is 25.5 Å². The molecular formula is C13H14F3NO2. The van der Waals surface area contributed by atoms with Crippen LogP contribution in [0.5, 0.6) is 0 Å². The summed E-state index contributed by atoms with van der Waals surface area (Å²) in [7, 11) is 0. The van der Waals surface area contributed by atoms with Crippen LogP contribution in [0.2, 0.25) is 0 Å². The van der Waals surface area contributed by atoms with E-state index in [1.54, 1.807) is 6.92 Å². The summed E-state index contributed by atoms with van der Waals surface area (Å²) in [6, 6.07) is 1.38. The lowest BCUT2D eigenvalue weighted by molar-refractivity contribution is 0.0761. The predicted octanol–water partition coefficient (Wildman–Crippen LogP) is 1.95. The second-order valence-electron chi connectivity index (χ2n) is 4.79. The van der Waals surface area contributed by atoms with E-state index in [-0.39, 0.29) is 11.5 Å². The van der Waals surface area contributed by atoms with Crippen molar-refractivity contribution in [3.8, 4) is 0 Å². The number of hydrogen-bond donors (Lipinski definition) is 1. The maximum Gasteiger partial charge on any atom is 0.254 e. The molecule has 2 unspecified atom stereocenters. The molecule has 0 aromatic heterocycles. The highest BCUT2D eigenvalue weighted by molar-refractivity contribution is 5.94. The van der Waals surface area contributed by atoms with Gasteiger partial charge in [0.05, 0.1) is 6.10 Å².